The maximum atomic E-state index is 12.9. The number of hydrogen-bond donors (Lipinski definition) is 1. The number of sulfonamides is 1. The first-order chi connectivity index (χ1) is 13.9. The zero-order valence-corrected chi connectivity index (χ0v) is 18.2. The summed E-state index contributed by atoms with van der Waals surface area (Å²) in [6.45, 7) is 5.30. The fourth-order valence-electron chi connectivity index (χ4n) is 3.72. The molecule has 0 spiro atoms. The van der Waals surface area contributed by atoms with Gasteiger partial charge in [-0.2, -0.15) is 9.40 Å². The lowest BCUT2D eigenvalue weighted by Crippen LogP contribution is -2.35. The lowest BCUT2D eigenvalue weighted by Gasteiger charge is -2.25. The van der Waals surface area contributed by atoms with Crippen LogP contribution in [0, 0.1) is 18.6 Å². The Labute approximate surface area is 176 Å². The monoisotopic (exact) mass is 428 g/mol. The van der Waals surface area contributed by atoms with E-state index >= 15 is 0 Å². The summed E-state index contributed by atoms with van der Waals surface area (Å²) >= 11 is 5.47. The van der Waals surface area contributed by atoms with Crippen molar-refractivity contribution >= 4 is 22.2 Å². The quantitative estimate of drug-likeness (QED) is 0.626. The van der Waals surface area contributed by atoms with Crippen LogP contribution in [-0.4, -0.2) is 40.6 Å². The molecule has 1 fully saturated rings. The highest BCUT2D eigenvalue weighted by molar-refractivity contribution is 7.89. The lowest BCUT2D eigenvalue weighted by molar-refractivity contribution is 0.346. The van der Waals surface area contributed by atoms with E-state index in [0.29, 0.717) is 28.6 Å². The van der Waals surface area contributed by atoms with Crippen LogP contribution in [0.4, 0.5) is 0 Å². The topological polar surface area (TPSA) is 71.0 Å². The molecule has 1 aliphatic heterocycles. The summed E-state index contributed by atoms with van der Waals surface area (Å²) in [6.07, 6.45) is 2.93. The van der Waals surface area contributed by atoms with Gasteiger partial charge in [-0.25, -0.2) is 8.42 Å². The summed E-state index contributed by atoms with van der Waals surface area (Å²) in [4.78, 5) is 0.315. The van der Waals surface area contributed by atoms with E-state index < -0.39 is 10.0 Å². The van der Waals surface area contributed by atoms with Gasteiger partial charge < -0.3 is 0 Å². The zero-order chi connectivity index (χ0) is 20.6. The Bertz CT molecular complexity index is 1190. The second-order valence-electron chi connectivity index (χ2n) is 7.40. The van der Waals surface area contributed by atoms with Crippen molar-refractivity contribution in [3.63, 3.8) is 0 Å². The van der Waals surface area contributed by atoms with Crippen LogP contribution >= 0.6 is 12.2 Å². The molecule has 152 valence electrons. The van der Waals surface area contributed by atoms with Crippen LogP contribution < -0.4 is 0 Å². The zero-order valence-electron chi connectivity index (χ0n) is 16.6. The summed E-state index contributed by atoms with van der Waals surface area (Å²) in [5.41, 5.74) is 4.05. The Hall–Kier alpha value is -2.29. The average Bonchev–Trinajstić information content (AvgIpc) is 3.12. The van der Waals surface area contributed by atoms with Gasteiger partial charge in [0, 0.05) is 18.7 Å². The van der Waals surface area contributed by atoms with Crippen LogP contribution in [0.15, 0.2) is 47.4 Å². The molecule has 4 rings (SSSR count). The minimum absolute atomic E-state index is 0.315. The van der Waals surface area contributed by atoms with Crippen molar-refractivity contribution in [2.75, 3.05) is 13.1 Å². The summed E-state index contributed by atoms with van der Waals surface area (Å²) in [7, 11) is -3.45. The van der Waals surface area contributed by atoms with Gasteiger partial charge in [0.05, 0.1) is 10.6 Å². The molecule has 1 saturated heterocycles. The van der Waals surface area contributed by atoms with E-state index in [-0.39, 0.29) is 0 Å². The molecule has 0 atom stereocenters. The number of H-pyrrole nitrogens is 1. The number of hydrogen-bond acceptors (Lipinski definition) is 4. The van der Waals surface area contributed by atoms with Crippen molar-refractivity contribution < 1.29 is 8.42 Å². The van der Waals surface area contributed by atoms with Crippen molar-refractivity contribution in [1.29, 1.82) is 0 Å². The van der Waals surface area contributed by atoms with Gasteiger partial charge >= 0.3 is 0 Å². The van der Waals surface area contributed by atoms with E-state index in [0.717, 1.165) is 36.1 Å². The van der Waals surface area contributed by atoms with Crippen LogP contribution in [0.3, 0.4) is 0 Å². The molecule has 0 aliphatic carbocycles. The Morgan fingerprint density at radius 1 is 1.00 bits per heavy atom. The third-order valence-electron chi connectivity index (χ3n) is 5.55. The first-order valence-corrected chi connectivity index (χ1v) is 11.6. The molecule has 29 heavy (non-hydrogen) atoms. The van der Waals surface area contributed by atoms with Gasteiger partial charge in [0.2, 0.25) is 10.0 Å². The Kier molecular flexibility index (Phi) is 5.42. The van der Waals surface area contributed by atoms with Crippen molar-refractivity contribution in [3.8, 4) is 17.1 Å². The number of piperidine rings is 1. The highest BCUT2D eigenvalue weighted by atomic mass is 32.2. The first kappa shape index (κ1) is 20.0. The van der Waals surface area contributed by atoms with Crippen LogP contribution in [0.5, 0.6) is 0 Å². The highest BCUT2D eigenvalue weighted by Crippen LogP contribution is 2.27. The maximum Gasteiger partial charge on any atom is 0.243 e. The van der Waals surface area contributed by atoms with E-state index in [9.17, 15) is 8.42 Å². The van der Waals surface area contributed by atoms with Gasteiger partial charge in [0.25, 0.3) is 0 Å². The fourth-order valence-corrected chi connectivity index (χ4v) is 5.47. The molecule has 2 heterocycles. The third kappa shape index (κ3) is 3.68. The number of rotatable bonds is 4. The lowest BCUT2D eigenvalue weighted by atomic mass is 10.1. The molecule has 0 radical (unpaired) electrons. The van der Waals surface area contributed by atoms with Crippen molar-refractivity contribution in [1.82, 2.24) is 19.1 Å². The molecular formula is C21H24N4O2S2. The predicted octanol–water partition coefficient (Wildman–Crippen LogP) is 4.39. The molecule has 1 aliphatic rings. The van der Waals surface area contributed by atoms with Gasteiger partial charge in [-0.15, -0.1) is 0 Å². The summed E-state index contributed by atoms with van der Waals surface area (Å²) in [5.74, 6) is 0.658. The van der Waals surface area contributed by atoms with Crippen molar-refractivity contribution in [2.45, 2.75) is 38.0 Å². The number of nitrogens with one attached hydrogen (secondary N) is 1. The maximum absolute atomic E-state index is 12.9. The number of aromatic amines is 1. The summed E-state index contributed by atoms with van der Waals surface area (Å²) in [5, 5.41) is 7.27. The number of nitrogens with zero attached hydrogens (tertiary/aromatic N) is 3. The molecule has 1 aromatic heterocycles. The molecule has 0 amide bonds. The normalized spacial score (nSPS) is 15.5. The molecule has 2 aromatic carbocycles. The van der Waals surface area contributed by atoms with Crippen molar-refractivity contribution in [2.24, 2.45) is 0 Å². The minimum atomic E-state index is -3.45. The number of benzene rings is 2. The predicted molar refractivity (Wildman–Crippen MR) is 116 cm³/mol. The third-order valence-corrected chi connectivity index (χ3v) is 7.74. The van der Waals surface area contributed by atoms with Crippen LogP contribution in [0.2, 0.25) is 0 Å². The summed E-state index contributed by atoms with van der Waals surface area (Å²) in [6, 6.07) is 13.0. The van der Waals surface area contributed by atoms with Crippen LogP contribution in [0.1, 0.15) is 30.4 Å². The van der Waals surface area contributed by atoms with E-state index in [2.05, 4.69) is 30.1 Å². The van der Waals surface area contributed by atoms with Gasteiger partial charge in [-0.3, -0.25) is 9.67 Å². The molecule has 0 saturated carbocycles. The van der Waals surface area contributed by atoms with Crippen LogP contribution in [-0.2, 0) is 10.0 Å². The van der Waals surface area contributed by atoms with E-state index in [1.165, 1.54) is 5.56 Å². The minimum Gasteiger partial charge on any atom is -0.268 e. The van der Waals surface area contributed by atoms with E-state index in [1.54, 1.807) is 28.6 Å². The average molecular weight is 429 g/mol. The smallest absolute Gasteiger partial charge is 0.243 e. The Balaban J connectivity index is 1.73. The van der Waals surface area contributed by atoms with Gasteiger partial charge in [-0.05, 0) is 80.4 Å². The van der Waals surface area contributed by atoms with Gasteiger partial charge in [-0.1, -0.05) is 18.6 Å². The Morgan fingerprint density at radius 3 is 2.38 bits per heavy atom. The Morgan fingerprint density at radius 2 is 1.69 bits per heavy atom. The largest absolute Gasteiger partial charge is 0.268 e. The van der Waals surface area contributed by atoms with E-state index in [4.69, 9.17) is 12.2 Å². The molecule has 8 heteroatoms. The standard InChI is InChI=1S/C21H24N4O2S2/c1-15-7-6-8-19(16(15)2)25-20(22-23-21(25)28)17-9-11-18(12-10-17)29(26,27)24-13-4-3-5-14-24/h6-12H,3-5,13-14H2,1-2H3,(H,23,28). The molecular weight excluding hydrogens is 404 g/mol. The fraction of sp³-hybridized carbons (Fsp3) is 0.333. The second-order valence-corrected chi connectivity index (χ2v) is 9.72. The van der Waals surface area contributed by atoms with Gasteiger partial charge in [0.1, 0.15) is 0 Å². The molecule has 0 unspecified atom stereocenters. The van der Waals surface area contributed by atoms with Crippen molar-refractivity contribution in [3.05, 3.63) is 58.4 Å². The molecule has 3 aromatic rings. The second kappa shape index (κ2) is 7.85. The first-order valence-electron chi connectivity index (χ1n) is 9.74. The molecule has 1 N–H and O–H groups in total. The molecule has 6 nitrogen and oxygen atoms in total. The van der Waals surface area contributed by atoms with Gasteiger partial charge in [0.15, 0.2) is 10.6 Å². The molecule has 0 bridgehead atoms. The number of aryl methyl sites for hydroxylation is 1. The number of aromatic nitrogens is 3. The summed E-state index contributed by atoms with van der Waals surface area (Å²) < 4.78 is 29.8. The highest BCUT2D eigenvalue weighted by Gasteiger charge is 2.26. The van der Waals surface area contributed by atoms with E-state index in [1.807, 2.05) is 16.7 Å². The SMILES string of the molecule is Cc1cccc(-n2c(-c3ccc(S(=O)(=O)N4CCCCC4)cc3)n[nH]c2=S)c1C. The van der Waals surface area contributed by atoms with Crippen LogP contribution in [0.25, 0.3) is 17.1 Å².